The van der Waals surface area contributed by atoms with Gasteiger partial charge in [0.2, 0.25) is 5.91 Å². The van der Waals surface area contributed by atoms with Gasteiger partial charge in [0.05, 0.1) is 5.25 Å². The average Bonchev–Trinajstić information content (AvgIpc) is 2.55. The second-order valence-corrected chi connectivity index (χ2v) is 7.12. The highest BCUT2D eigenvalue weighted by Crippen LogP contribution is 2.25. The lowest BCUT2D eigenvalue weighted by Gasteiger charge is -2.16. The van der Waals surface area contributed by atoms with E-state index in [0.717, 1.165) is 4.90 Å². The largest absolute Gasteiger partial charge is 0.355 e. The summed E-state index contributed by atoms with van der Waals surface area (Å²) in [5.41, 5.74) is 1.24. The Bertz CT molecular complexity index is 600. The number of thioether (sulfide) groups is 1. The smallest absolute Gasteiger partial charge is 0.233 e. The van der Waals surface area contributed by atoms with Crippen LogP contribution < -0.4 is 5.32 Å². The molecule has 0 aliphatic rings. The van der Waals surface area contributed by atoms with Gasteiger partial charge in [-0.05, 0) is 42.7 Å². The van der Waals surface area contributed by atoms with Gasteiger partial charge in [-0.25, -0.2) is 0 Å². The van der Waals surface area contributed by atoms with Crippen molar-refractivity contribution in [2.24, 2.45) is 0 Å². The fourth-order valence-electron chi connectivity index (χ4n) is 2.07. The first-order valence-electron chi connectivity index (χ1n) is 7.31. The van der Waals surface area contributed by atoms with E-state index in [-0.39, 0.29) is 11.2 Å². The van der Waals surface area contributed by atoms with Crippen LogP contribution in [0.15, 0.2) is 59.5 Å². The Morgan fingerprint density at radius 3 is 2.36 bits per heavy atom. The molecule has 2 atom stereocenters. The second-order valence-electron chi connectivity index (χ2n) is 5.27. The van der Waals surface area contributed by atoms with Crippen LogP contribution in [0.25, 0.3) is 0 Å². The first-order valence-corrected chi connectivity index (χ1v) is 8.57. The summed E-state index contributed by atoms with van der Waals surface area (Å²) in [4.78, 5) is 13.2. The van der Waals surface area contributed by atoms with Crippen LogP contribution >= 0.6 is 23.4 Å². The Morgan fingerprint density at radius 1 is 1.09 bits per heavy atom. The summed E-state index contributed by atoms with van der Waals surface area (Å²) in [7, 11) is 0. The number of nitrogens with one attached hydrogen (secondary N) is 1. The highest BCUT2D eigenvalue weighted by Gasteiger charge is 2.15. The molecule has 2 aromatic rings. The van der Waals surface area contributed by atoms with Gasteiger partial charge in [0, 0.05) is 16.5 Å². The third-order valence-corrected chi connectivity index (χ3v) is 4.81. The molecule has 0 fully saturated rings. The predicted molar refractivity (Wildman–Crippen MR) is 94.6 cm³/mol. The van der Waals surface area contributed by atoms with Crippen LogP contribution in [0.1, 0.15) is 25.3 Å². The van der Waals surface area contributed by atoms with Crippen molar-refractivity contribution >= 4 is 29.3 Å². The molecule has 2 unspecified atom stereocenters. The molecule has 0 spiro atoms. The summed E-state index contributed by atoms with van der Waals surface area (Å²) in [6, 6.07) is 17.8. The summed E-state index contributed by atoms with van der Waals surface area (Å²) in [6.45, 7) is 4.68. The van der Waals surface area contributed by atoms with Gasteiger partial charge in [-0.2, -0.15) is 0 Å². The Morgan fingerprint density at radius 2 is 1.73 bits per heavy atom. The topological polar surface area (TPSA) is 29.1 Å². The molecule has 1 N–H and O–H groups in total. The number of benzene rings is 2. The maximum atomic E-state index is 12.2. The average molecular weight is 334 g/mol. The van der Waals surface area contributed by atoms with Crippen molar-refractivity contribution in [1.82, 2.24) is 5.32 Å². The van der Waals surface area contributed by atoms with Gasteiger partial charge < -0.3 is 5.32 Å². The van der Waals surface area contributed by atoms with E-state index in [2.05, 4.69) is 24.4 Å². The van der Waals surface area contributed by atoms with Crippen LogP contribution in [-0.4, -0.2) is 17.7 Å². The monoisotopic (exact) mass is 333 g/mol. The number of hydrogen-bond acceptors (Lipinski definition) is 2. The summed E-state index contributed by atoms with van der Waals surface area (Å²) in [5, 5.41) is 3.60. The minimum atomic E-state index is -0.135. The van der Waals surface area contributed by atoms with Crippen LogP contribution in [0.5, 0.6) is 0 Å². The number of carbonyl (C=O) groups is 1. The Hall–Kier alpha value is -1.45. The van der Waals surface area contributed by atoms with Gasteiger partial charge in [-0.1, -0.05) is 48.9 Å². The zero-order valence-corrected chi connectivity index (χ0v) is 14.3. The summed E-state index contributed by atoms with van der Waals surface area (Å²) >= 11 is 7.40. The minimum absolute atomic E-state index is 0.0581. The summed E-state index contributed by atoms with van der Waals surface area (Å²) < 4.78 is 0. The zero-order chi connectivity index (χ0) is 15.9. The summed E-state index contributed by atoms with van der Waals surface area (Å²) in [6.07, 6.45) is 0. The van der Waals surface area contributed by atoms with E-state index < -0.39 is 0 Å². The molecule has 0 heterocycles. The van der Waals surface area contributed by atoms with Gasteiger partial charge in [-0.3, -0.25) is 4.79 Å². The SMILES string of the molecule is CC(Sc1ccc(Cl)cc1)C(=O)NCC(C)c1ccccc1. The molecule has 116 valence electrons. The lowest BCUT2D eigenvalue weighted by Crippen LogP contribution is -2.33. The van der Waals surface area contributed by atoms with Crippen molar-refractivity contribution < 1.29 is 4.79 Å². The maximum Gasteiger partial charge on any atom is 0.233 e. The molecule has 2 nitrogen and oxygen atoms in total. The third-order valence-electron chi connectivity index (χ3n) is 3.45. The van der Waals surface area contributed by atoms with Crippen LogP contribution in [-0.2, 0) is 4.79 Å². The van der Waals surface area contributed by atoms with Crippen LogP contribution in [0, 0.1) is 0 Å². The molecule has 0 radical (unpaired) electrons. The van der Waals surface area contributed by atoms with E-state index in [1.54, 1.807) is 0 Å². The van der Waals surface area contributed by atoms with E-state index >= 15 is 0 Å². The van der Waals surface area contributed by atoms with E-state index in [1.165, 1.54) is 17.3 Å². The first-order chi connectivity index (χ1) is 10.6. The predicted octanol–water partition coefficient (Wildman–Crippen LogP) is 4.74. The van der Waals surface area contributed by atoms with Crippen molar-refractivity contribution in [2.75, 3.05) is 6.54 Å². The van der Waals surface area contributed by atoms with E-state index in [0.29, 0.717) is 17.5 Å². The minimum Gasteiger partial charge on any atom is -0.355 e. The number of carbonyl (C=O) groups excluding carboxylic acids is 1. The molecule has 0 saturated heterocycles. The molecule has 4 heteroatoms. The molecule has 1 amide bonds. The molecule has 0 aliphatic heterocycles. The molecule has 0 saturated carbocycles. The lowest BCUT2D eigenvalue weighted by atomic mass is 10.0. The standard InChI is InChI=1S/C18H20ClNOS/c1-13(15-6-4-3-5-7-15)12-20-18(21)14(2)22-17-10-8-16(19)9-11-17/h3-11,13-14H,12H2,1-2H3,(H,20,21). The van der Waals surface area contributed by atoms with Gasteiger partial charge in [0.15, 0.2) is 0 Å². The molecular formula is C18H20ClNOS. The van der Waals surface area contributed by atoms with Crippen molar-refractivity contribution in [2.45, 2.75) is 29.9 Å². The quantitative estimate of drug-likeness (QED) is 0.773. The van der Waals surface area contributed by atoms with Gasteiger partial charge in [0.1, 0.15) is 0 Å². The van der Waals surface area contributed by atoms with Crippen LogP contribution in [0.4, 0.5) is 0 Å². The van der Waals surface area contributed by atoms with E-state index in [4.69, 9.17) is 11.6 Å². The van der Waals surface area contributed by atoms with Gasteiger partial charge in [-0.15, -0.1) is 11.8 Å². The fourth-order valence-corrected chi connectivity index (χ4v) is 3.09. The fraction of sp³-hybridized carbons (Fsp3) is 0.278. The van der Waals surface area contributed by atoms with Crippen molar-refractivity contribution in [3.63, 3.8) is 0 Å². The Labute approximate surface area is 141 Å². The highest BCUT2D eigenvalue weighted by atomic mass is 35.5. The summed E-state index contributed by atoms with van der Waals surface area (Å²) in [5.74, 6) is 0.362. The molecule has 22 heavy (non-hydrogen) atoms. The molecular weight excluding hydrogens is 314 g/mol. The lowest BCUT2D eigenvalue weighted by molar-refractivity contribution is -0.120. The highest BCUT2D eigenvalue weighted by molar-refractivity contribution is 8.00. The molecule has 0 bridgehead atoms. The van der Waals surface area contributed by atoms with Gasteiger partial charge in [0.25, 0.3) is 0 Å². The van der Waals surface area contributed by atoms with Crippen LogP contribution in [0.3, 0.4) is 0 Å². The molecule has 0 aliphatic carbocycles. The zero-order valence-electron chi connectivity index (χ0n) is 12.8. The van der Waals surface area contributed by atoms with Crippen molar-refractivity contribution in [3.05, 3.63) is 65.2 Å². The number of rotatable bonds is 6. The maximum absolute atomic E-state index is 12.2. The molecule has 2 rings (SSSR count). The van der Waals surface area contributed by atoms with Crippen molar-refractivity contribution in [1.29, 1.82) is 0 Å². The van der Waals surface area contributed by atoms with E-state index in [9.17, 15) is 4.79 Å². The van der Waals surface area contributed by atoms with Gasteiger partial charge >= 0.3 is 0 Å². The number of halogens is 1. The number of hydrogen-bond donors (Lipinski definition) is 1. The second kappa shape index (κ2) is 8.25. The van der Waals surface area contributed by atoms with E-state index in [1.807, 2.05) is 49.4 Å². The first kappa shape index (κ1) is 16.9. The Kier molecular flexibility index (Phi) is 6.34. The molecule has 0 aromatic heterocycles. The van der Waals surface area contributed by atoms with Crippen molar-refractivity contribution in [3.8, 4) is 0 Å². The number of amides is 1. The Balaban J connectivity index is 1.82. The molecule has 2 aromatic carbocycles. The third kappa shape index (κ3) is 5.08. The van der Waals surface area contributed by atoms with Crippen LogP contribution in [0.2, 0.25) is 5.02 Å². The normalized spacial score (nSPS) is 13.4.